The number of methoxy groups -OCH3 is 1. The van der Waals surface area contributed by atoms with Crippen molar-refractivity contribution in [3.8, 4) is 0 Å². The van der Waals surface area contributed by atoms with E-state index in [0.717, 1.165) is 6.67 Å². The van der Waals surface area contributed by atoms with Crippen LogP contribution in [0.3, 0.4) is 0 Å². The third-order valence-corrected chi connectivity index (χ3v) is 1.53. The minimum Gasteiger partial charge on any atom is -0.466 e. The summed E-state index contributed by atoms with van der Waals surface area (Å²) < 4.78 is 4.56. The number of carbonyl (C=O) groups excluding carboxylic acids is 1. The molecule has 0 atom stereocenters. The number of likely N-dealkylation sites (N-methyl/N-ethyl adjacent to an activating group) is 1. The van der Waals surface area contributed by atoms with E-state index in [1.54, 1.807) is 6.20 Å². The Hall–Kier alpha value is -0.740. The summed E-state index contributed by atoms with van der Waals surface area (Å²) in [7, 11) is 3.32. The third kappa shape index (κ3) is 2.71. The molecule has 0 unspecified atom stereocenters. The van der Waals surface area contributed by atoms with E-state index in [1.807, 2.05) is 11.9 Å². The maximum Gasteiger partial charge on any atom is 0.336 e. The Morgan fingerprint density at radius 2 is 2.42 bits per heavy atom. The van der Waals surface area contributed by atoms with Gasteiger partial charge in [0.15, 0.2) is 0 Å². The van der Waals surface area contributed by atoms with Crippen LogP contribution in [-0.2, 0) is 9.53 Å². The molecule has 0 aliphatic carbocycles. The van der Waals surface area contributed by atoms with Crippen molar-refractivity contribution in [1.29, 1.82) is 0 Å². The van der Waals surface area contributed by atoms with E-state index in [2.05, 4.69) is 10.1 Å². The first-order chi connectivity index (χ1) is 5.24. The number of carbonyl (C=O) groups is 1. The highest BCUT2D eigenvalue weighted by atomic mass is 35.5. The van der Waals surface area contributed by atoms with E-state index >= 15 is 0 Å². The second-order valence-electron chi connectivity index (χ2n) is 2.54. The predicted octanol–water partition coefficient (Wildman–Crippen LogP) is -0.0424. The molecular weight excluding hydrogens is 180 g/mol. The standard InChI is InChI=1S/C7H12N2O2.ClH/c1-9-4-6(3-8-5-9)7(10)11-2;/h3,8H,4-5H2,1-2H3;1H. The van der Waals surface area contributed by atoms with Gasteiger partial charge in [0.1, 0.15) is 0 Å². The first kappa shape index (κ1) is 11.3. The summed E-state index contributed by atoms with van der Waals surface area (Å²) in [6.07, 6.45) is 1.70. The average Bonchev–Trinajstić information content (AvgIpc) is 2.03. The summed E-state index contributed by atoms with van der Waals surface area (Å²) in [5, 5.41) is 2.96. The topological polar surface area (TPSA) is 41.6 Å². The Kier molecular flexibility index (Phi) is 4.70. The highest BCUT2D eigenvalue weighted by Gasteiger charge is 2.14. The zero-order chi connectivity index (χ0) is 8.27. The van der Waals surface area contributed by atoms with Crippen LogP contribution < -0.4 is 5.32 Å². The molecule has 4 nitrogen and oxygen atoms in total. The second kappa shape index (κ2) is 5.00. The lowest BCUT2D eigenvalue weighted by Gasteiger charge is -2.22. The molecule has 12 heavy (non-hydrogen) atoms. The number of hydrogen-bond acceptors (Lipinski definition) is 4. The Labute approximate surface area is 78.0 Å². The molecule has 0 radical (unpaired) electrons. The van der Waals surface area contributed by atoms with Gasteiger partial charge < -0.3 is 10.1 Å². The van der Waals surface area contributed by atoms with Crippen LogP contribution >= 0.6 is 12.4 Å². The van der Waals surface area contributed by atoms with Gasteiger partial charge in [0.2, 0.25) is 0 Å². The van der Waals surface area contributed by atoms with Crippen molar-refractivity contribution in [1.82, 2.24) is 10.2 Å². The van der Waals surface area contributed by atoms with Crippen LogP contribution in [0, 0.1) is 0 Å². The fourth-order valence-corrected chi connectivity index (χ4v) is 0.972. The largest absolute Gasteiger partial charge is 0.466 e. The van der Waals surface area contributed by atoms with Gasteiger partial charge in [0, 0.05) is 12.7 Å². The second-order valence-corrected chi connectivity index (χ2v) is 2.54. The summed E-state index contributed by atoms with van der Waals surface area (Å²) in [4.78, 5) is 12.9. The normalized spacial score (nSPS) is 17.0. The van der Waals surface area contributed by atoms with E-state index in [4.69, 9.17) is 0 Å². The van der Waals surface area contributed by atoms with Gasteiger partial charge in [-0.2, -0.15) is 0 Å². The first-order valence-corrected chi connectivity index (χ1v) is 3.43. The van der Waals surface area contributed by atoms with Crippen molar-refractivity contribution in [3.63, 3.8) is 0 Å². The lowest BCUT2D eigenvalue weighted by molar-refractivity contribution is -0.136. The molecule has 1 N–H and O–H groups in total. The smallest absolute Gasteiger partial charge is 0.336 e. The van der Waals surface area contributed by atoms with Gasteiger partial charge in [-0.1, -0.05) is 0 Å². The number of nitrogens with zero attached hydrogens (tertiary/aromatic N) is 1. The average molecular weight is 193 g/mol. The van der Waals surface area contributed by atoms with Crippen LogP contribution in [0.2, 0.25) is 0 Å². The Morgan fingerprint density at radius 1 is 1.75 bits per heavy atom. The minimum atomic E-state index is -0.260. The van der Waals surface area contributed by atoms with Crippen LogP contribution in [0.5, 0.6) is 0 Å². The number of halogens is 1. The Bertz CT molecular complexity index is 194. The maximum absolute atomic E-state index is 11.0. The summed E-state index contributed by atoms with van der Waals surface area (Å²) >= 11 is 0. The molecule has 0 aromatic rings. The lowest BCUT2D eigenvalue weighted by atomic mass is 10.2. The highest BCUT2D eigenvalue weighted by Crippen LogP contribution is 2.02. The van der Waals surface area contributed by atoms with Crippen LogP contribution in [0.1, 0.15) is 0 Å². The zero-order valence-corrected chi connectivity index (χ0v) is 7.98. The molecule has 0 saturated carbocycles. The fraction of sp³-hybridized carbons (Fsp3) is 0.571. The summed E-state index contributed by atoms with van der Waals surface area (Å²) in [5.41, 5.74) is 0.668. The van der Waals surface area contributed by atoms with Crippen LogP contribution in [0.25, 0.3) is 0 Å². The van der Waals surface area contributed by atoms with Crippen molar-refractivity contribution in [3.05, 3.63) is 11.8 Å². The van der Waals surface area contributed by atoms with Crippen molar-refractivity contribution in [2.24, 2.45) is 0 Å². The number of esters is 1. The zero-order valence-electron chi connectivity index (χ0n) is 7.16. The van der Waals surface area contributed by atoms with E-state index in [-0.39, 0.29) is 18.4 Å². The molecule has 0 aromatic heterocycles. The van der Waals surface area contributed by atoms with Crippen LogP contribution in [0.4, 0.5) is 0 Å². The Morgan fingerprint density at radius 3 is 2.92 bits per heavy atom. The molecule has 1 aliphatic heterocycles. The van der Waals surface area contributed by atoms with Gasteiger partial charge in [-0.25, -0.2) is 4.79 Å². The SMILES string of the molecule is COC(=O)C1=CNCN(C)C1.Cl. The van der Waals surface area contributed by atoms with Gasteiger partial charge in [-0.15, -0.1) is 12.4 Å². The van der Waals surface area contributed by atoms with E-state index in [0.29, 0.717) is 12.1 Å². The monoisotopic (exact) mass is 192 g/mol. The number of rotatable bonds is 1. The number of ether oxygens (including phenoxy) is 1. The summed E-state index contributed by atoms with van der Waals surface area (Å²) in [6.45, 7) is 1.43. The van der Waals surface area contributed by atoms with E-state index < -0.39 is 0 Å². The van der Waals surface area contributed by atoms with Crippen molar-refractivity contribution < 1.29 is 9.53 Å². The minimum absolute atomic E-state index is 0. The molecule has 0 aromatic carbocycles. The molecule has 1 rings (SSSR count). The molecular formula is C7H13ClN2O2. The Balaban J connectivity index is 0.00000121. The number of nitrogens with one attached hydrogen (secondary N) is 1. The van der Waals surface area contributed by atoms with E-state index in [9.17, 15) is 4.79 Å². The maximum atomic E-state index is 11.0. The molecule has 70 valence electrons. The molecule has 0 spiro atoms. The molecule has 1 aliphatic rings. The van der Waals surface area contributed by atoms with Gasteiger partial charge in [-0.05, 0) is 7.05 Å². The van der Waals surface area contributed by atoms with E-state index in [1.165, 1.54) is 7.11 Å². The van der Waals surface area contributed by atoms with Crippen LogP contribution in [0.15, 0.2) is 11.8 Å². The van der Waals surface area contributed by atoms with Gasteiger partial charge >= 0.3 is 5.97 Å². The van der Waals surface area contributed by atoms with Crippen molar-refractivity contribution in [2.75, 3.05) is 27.4 Å². The predicted molar refractivity (Wildman–Crippen MR) is 48.0 cm³/mol. The molecule has 0 fully saturated rings. The van der Waals surface area contributed by atoms with Crippen molar-refractivity contribution >= 4 is 18.4 Å². The van der Waals surface area contributed by atoms with Gasteiger partial charge in [0.25, 0.3) is 0 Å². The quantitative estimate of drug-likeness (QED) is 0.592. The third-order valence-electron chi connectivity index (χ3n) is 1.53. The molecule has 5 heteroatoms. The van der Waals surface area contributed by atoms with Gasteiger partial charge in [-0.3, -0.25) is 4.90 Å². The molecule has 0 saturated heterocycles. The van der Waals surface area contributed by atoms with Gasteiger partial charge in [0.05, 0.1) is 19.4 Å². The summed E-state index contributed by atoms with van der Waals surface area (Å²) in [6, 6.07) is 0. The lowest BCUT2D eigenvalue weighted by Crippen LogP contribution is -2.36. The van der Waals surface area contributed by atoms with Crippen LogP contribution in [-0.4, -0.2) is 38.2 Å². The highest BCUT2D eigenvalue weighted by molar-refractivity contribution is 5.88. The summed E-state index contributed by atoms with van der Waals surface area (Å²) in [5.74, 6) is -0.260. The molecule has 1 heterocycles. The van der Waals surface area contributed by atoms with Crippen molar-refractivity contribution in [2.45, 2.75) is 0 Å². The molecule has 0 amide bonds. The number of hydrogen-bond donors (Lipinski definition) is 1. The fourth-order valence-electron chi connectivity index (χ4n) is 0.972. The first-order valence-electron chi connectivity index (χ1n) is 3.43. The molecule has 0 bridgehead atoms.